The van der Waals surface area contributed by atoms with E-state index < -0.39 is 0 Å². The molecule has 3 N–H and O–H groups in total. The molecule has 3 nitrogen and oxygen atoms in total. The van der Waals surface area contributed by atoms with E-state index in [2.05, 4.69) is 22.4 Å². The first kappa shape index (κ1) is 17.1. The maximum atomic E-state index is 5.70. The third-order valence-electron chi connectivity index (χ3n) is 3.03. The lowest BCUT2D eigenvalue weighted by atomic mass is 10.1. The van der Waals surface area contributed by atoms with E-state index in [1.54, 1.807) is 0 Å². The number of rotatable bonds is 2. The van der Waals surface area contributed by atoms with Gasteiger partial charge in [0, 0.05) is 28.1 Å². The standard InChI is InChI=1S/C16H15N3.2ClH/c1-11-10-16(14-4-2-3-5-15(14)18-11)19-13-8-6-12(17)7-9-13;;/h2-10H,17H2,1H3,(H,18,19);2*1H. The number of aryl methyl sites for hydroxylation is 1. The number of fused-ring (bicyclic) bond motifs is 1. The molecule has 21 heavy (non-hydrogen) atoms. The Labute approximate surface area is 136 Å². The number of aromatic nitrogens is 1. The summed E-state index contributed by atoms with van der Waals surface area (Å²) in [5, 5.41) is 4.54. The summed E-state index contributed by atoms with van der Waals surface area (Å²) >= 11 is 0. The summed E-state index contributed by atoms with van der Waals surface area (Å²) in [5.74, 6) is 0. The summed E-state index contributed by atoms with van der Waals surface area (Å²) < 4.78 is 0. The minimum absolute atomic E-state index is 0. The number of para-hydroxylation sites is 1. The fraction of sp³-hybridized carbons (Fsp3) is 0.0625. The van der Waals surface area contributed by atoms with Crippen molar-refractivity contribution in [1.29, 1.82) is 0 Å². The lowest BCUT2D eigenvalue weighted by Crippen LogP contribution is -1.95. The molecule has 3 aromatic rings. The molecule has 0 bridgehead atoms. The van der Waals surface area contributed by atoms with E-state index in [1.807, 2.05) is 49.4 Å². The van der Waals surface area contributed by atoms with Gasteiger partial charge in [-0.25, -0.2) is 0 Å². The Morgan fingerprint density at radius 2 is 1.62 bits per heavy atom. The highest BCUT2D eigenvalue weighted by Gasteiger charge is 2.03. The van der Waals surface area contributed by atoms with Crippen LogP contribution in [0.1, 0.15) is 5.69 Å². The summed E-state index contributed by atoms with van der Waals surface area (Å²) in [6, 6.07) is 17.9. The third kappa shape index (κ3) is 3.78. The van der Waals surface area contributed by atoms with Crippen LogP contribution in [-0.2, 0) is 0 Å². The van der Waals surface area contributed by atoms with Crippen LogP contribution in [0.5, 0.6) is 0 Å². The molecule has 3 rings (SSSR count). The summed E-state index contributed by atoms with van der Waals surface area (Å²) in [7, 11) is 0. The highest BCUT2D eigenvalue weighted by molar-refractivity contribution is 5.93. The molecule has 1 aromatic heterocycles. The molecule has 0 aliphatic heterocycles. The number of hydrogen-bond acceptors (Lipinski definition) is 3. The number of anilines is 3. The van der Waals surface area contributed by atoms with Crippen LogP contribution in [0.15, 0.2) is 54.6 Å². The molecule has 0 fully saturated rings. The molecule has 0 amide bonds. The first-order valence-electron chi connectivity index (χ1n) is 6.21. The molecular weight excluding hydrogens is 305 g/mol. The molecule has 0 spiro atoms. The van der Waals surface area contributed by atoms with E-state index in [-0.39, 0.29) is 24.8 Å². The predicted octanol–water partition coefficient (Wildman–Crippen LogP) is 4.71. The van der Waals surface area contributed by atoms with Crippen molar-refractivity contribution in [2.24, 2.45) is 0 Å². The number of benzene rings is 2. The summed E-state index contributed by atoms with van der Waals surface area (Å²) in [4.78, 5) is 4.53. The van der Waals surface area contributed by atoms with E-state index in [0.717, 1.165) is 33.7 Å². The minimum atomic E-state index is 0. The average Bonchev–Trinajstić information content (AvgIpc) is 2.41. The van der Waals surface area contributed by atoms with Crippen molar-refractivity contribution >= 4 is 52.8 Å². The van der Waals surface area contributed by atoms with Gasteiger partial charge in [-0.2, -0.15) is 0 Å². The smallest absolute Gasteiger partial charge is 0.0726 e. The van der Waals surface area contributed by atoms with Crippen LogP contribution in [0.25, 0.3) is 10.9 Å². The third-order valence-corrected chi connectivity index (χ3v) is 3.03. The van der Waals surface area contributed by atoms with Crippen LogP contribution in [0.3, 0.4) is 0 Å². The second-order valence-electron chi connectivity index (χ2n) is 4.58. The van der Waals surface area contributed by atoms with Gasteiger partial charge in [0.2, 0.25) is 0 Å². The number of nitrogens with zero attached hydrogens (tertiary/aromatic N) is 1. The Hall–Kier alpha value is -1.97. The number of nitrogens with two attached hydrogens (primary N) is 1. The van der Waals surface area contributed by atoms with Crippen molar-refractivity contribution in [2.45, 2.75) is 6.92 Å². The maximum Gasteiger partial charge on any atom is 0.0726 e. The van der Waals surface area contributed by atoms with Crippen molar-refractivity contribution < 1.29 is 0 Å². The van der Waals surface area contributed by atoms with Crippen LogP contribution < -0.4 is 11.1 Å². The monoisotopic (exact) mass is 321 g/mol. The predicted molar refractivity (Wildman–Crippen MR) is 95.1 cm³/mol. The number of nitrogen functional groups attached to an aromatic ring is 1. The van der Waals surface area contributed by atoms with Crippen LogP contribution in [0.4, 0.5) is 17.1 Å². The lowest BCUT2D eigenvalue weighted by molar-refractivity contribution is 1.25. The van der Waals surface area contributed by atoms with Crippen LogP contribution in [0.2, 0.25) is 0 Å². The van der Waals surface area contributed by atoms with E-state index in [0.29, 0.717) is 0 Å². The molecule has 0 aliphatic rings. The van der Waals surface area contributed by atoms with Gasteiger partial charge in [0.15, 0.2) is 0 Å². The van der Waals surface area contributed by atoms with Gasteiger partial charge >= 0.3 is 0 Å². The summed E-state index contributed by atoms with van der Waals surface area (Å²) in [6.45, 7) is 2.00. The zero-order valence-electron chi connectivity index (χ0n) is 11.5. The van der Waals surface area contributed by atoms with Crippen molar-refractivity contribution in [2.75, 3.05) is 11.1 Å². The zero-order valence-corrected chi connectivity index (χ0v) is 13.2. The quantitative estimate of drug-likeness (QED) is 0.672. The Morgan fingerprint density at radius 3 is 2.33 bits per heavy atom. The molecule has 0 radical (unpaired) electrons. The summed E-state index contributed by atoms with van der Waals surface area (Å²) in [5.41, 5.74) is 10.5. The van der Waals surface area contributed by atoms with Gasteiger partial charge in [-0.3, -0.25) is 4.98 Å². The first-order valence-corrected chi connectivity index (χ1v) is 6.21. The molecule has 110 valence electrons. The summed E-state index contributed by atoms with van der Waals surface area (Å²) in [6.07, 6.45) is 0. The Bertz CT molecular complexity index is 727. The highest BCUT2D eigenvalue weighted by atomic mass is 35.5. The number of pyridine rings is 1. The number of halogens is 2. The van der Waals surface area contributed by atoms with Crippen LogP contribution in [0, 0.1) is 6.92 Å². The Morgan fingerprint density at radius 1 is 0.952 bits per heavy atom. The van der Waals surface area contributed by atoms with Crippen molar-refractivity contribution in [3.63, 3.8) is 0 Å². The van der Waals surface area contributed by atoms with Crippen molar-refractivity contribution in [1.82, 2.24) is 4.98 Å². The molecule has 5 heteroatoms. The van der Waals surface area contributed by atoms with Gasteiger partial charge in [0.05, 0.1) is 5.52 Å². The molecule has 0 saturated carbocycles. The van der Waals surface area contributed by atoms with E-state index in [9.17, 15) is 0 Å². The van der Waals surface area contributed by atoms with Gasteiger partial charge in [-0.05, 0) is 43.3 Å². The Balaban J connectivity index is 0.00000110. The largest absolute Gasteiger partial charge is 0.399 e. The van der Waals surface area contributed by atoms with Crippen molar-refractivity contribution in [3.8, 4) is 0 Å². The van der Waals surface area contributed by atoms with E-state index in [4.69, 9.17) is 5.73 Å². The molecule has 0 atom stereocenters. The van der Waals surface area contributed by atoms with E-state index in [1.165, 1.54) is 0 Å². The maximum absolute atomic E-state index is 5.70. The average molecular weight is 322 g/mol. The van der Waals surface area contributed by atoms with Gasteiger partial charge in [0.25, 0.3) is 0 Å². The molecule has 2 aromatic carbocycles. The molecule has 0 unspecified atom stereocenters. The van der Waals surface area contributed by atoms with Gasteiger partial charge in [0.1, 0.15) is 0 Å². The number of nitrogens with one attached hydrogen (secondary N) is 1. The van der Waals surface area contributed by atoms with Gasteiger partial charge in [-0.1, -0.05) is 18.2 Å². The van der Waals surface area contributed by atoms with Crippen molar-refractivity contribution in [3.05, 3.63) is 60.3 Å². The minimum Gasteiger partial charge on any atom is -0.399 e. The fourth-order valence-electron chi connectivity index (χ4n) is 2.13. The SMILES string of the molecule is Cc1cc(Nc2ccc(N)cc2)c2ccccc2n1.Cl.Cl. The fourth-order valence-corrected chi connectivity index (χ4v) is 2.13. The molecule has 1 heterocycles. The second kappa shape index (κ2) is 7.16. The zero-order chi connectivity index (χ0) is 13.2. The normalized spacial score (nSPS) is 9.57. The topological polar surface area (TPSA) is 50.9 Å². The van der Waals surface area contributed by atoms with Gasteiger partial charge < -0.3 is 11.1 Å². The molecule has 0 aliphatic carbocycles. The number of hydrogen-bond donors (Lipinski definition) is 2. The van der Waals surface area contributed by atoms with Gasteiger partial charge in [-0.15, -0.1) is 24.8 Å². The second-order valence-corrected chi connectivity index (χ2v) is 4.58. The van der Waals surface area contributed by atoms with E-state index >= 15 is 0 Å². The van der Waals surface area contributed by atoms with Crippen LogP contribution >= 0.6 is 24.8 Å². The first-order chi connectivity index (χ1) is 9.22. The highest BCUT2D eigenvalue weighted by Crippen LogP contribution is 2.26. The molecular formula is C16H17Cl2N3. The lowest BCUT2D eigenvalue weighted by Gasteiger charge is -2.11. The van der Waals surface area contributed by atoms with Crippen LogP contribution in [-0.4, -0.2) is 4.98 Å². The Kier molecular flexibility index (Phi) is 5.82. The molecule has 0 saturated heterocycles.